The number of benzene rings is 1. The Labute approximate surface area is 85.9 Å². The van der Waals surface area contributed by atoms with Crippen molar-refractivity contribution in [2.24, 2.45) is 0 Å². The summed E-state index contributed by atoms with van der Waals surface area (Å²) in [5, 5.41) is 18.2. The molecule has 0 atom stereocenters. The van der Waals surface area contributed by atoms with Crippen LogP contribution in [-0.4, -0.2) is 5.11 Å². The van der Waals surface area contributed by atoms with E-state index in [-0.39, 0.29) is 12.2 Å². The van der Waals surface area contributed by atoms with Crippen LogP contribution in [0.2, 0.25) is 0 Å². The Morgan fingerprint density at radius 1 is 1.54 bits per heavy atom. The van der Waals surface area contributed by atoms with Crippen molar-refractivity contribution >= 4 is 15.9 Å². The Hall–Kier alpha value is -1.01. The van der Waals surface area contributed by atoms with Gasteiger partial charge in [-0.3, -0.25) is 0 Å². The molecule has 1 N–H and O–H groups in total. The maximum atomic E-state index is 9.66. The molecule has 0 aliphatic carbocycles. The van der Waals surface area contributed by atoms with Crippen LogP contribution < -0.4 is 0 Å². The molecule has 0 spiro atoms. The summed E-state index contributed by atoms with van der Waals surface area (Å²) in [5.41, 5.74) is 2.45. The number of nitrogens with zero attached hydrogens (tertiary/aromatic N) is 1. The molecule has 1 rings (SSSR count). The summed E-state index contributed by atoms with van der Waals surface area (Å²) < 4.78 is 0.938. The fourth-order valence-electron chi connectivity index (χ4n) is 1.22. The summed E-state index contributed by atoms with van der Waals surface area (Å²) in [7, 11) is 0. The SMILES string of the molecule is Cc1cc(Br)c(C)c(CC#N)c1O. The molecule has 0 heterocycles. The summed E-state index contributed by atoms with van der Waals surface area (Å²) in [4.78, 5) is 0. The molecule has 1 aromatic rings. The quantitative estimate of drug-likeness (QED) is 0.820. The molecule has 0 radical (unpaired) electrons. The lowest BCUT2D eigenvalue weighted by Gasteiger charge is -2.09. The Morgan fingerprint density at radius 3 is 2.69 bits per heavy atom. The van der Waals surface area contributed by atoms with E-state index in [9.17, 15) is 5.11 Å². The number of aromatic hydroxyl groups is 1. The molecule has 0 aliphatic heterocycles. The van der Waals surface area contributed by atoms with Gasteiger partial charge in [0.25, 0.3) is 0 Å². The third-order valence-electron chi connectivity index (χ3n) is 2.07. The van der Waals surface area contributed by atoms with Crippen LogP contribution in [0.3, 0.4) is 0 Å². The van der Waals surface area contributed by atoms with E-state index in [1.807, 2.05) is 26.0 Å². The Bertz CT molecular complexity index is 353. The Morgan fingerprint density at radius 2 is 2.15 bits per heavy atom. The molecule has 13 heavy (non-hydrogen) atoms. The minimum atomic E-state index is 0.238. The summed E-state index contributed by atoms with van der Waals surface area (Å²) in [5.74, 6) is 0.238. The van der Waals surface area contributed by atoms with Crippen LogP contribution in [0.4, 0.5) is 0 Å². The van der Waals surface area contributed by atoms with Gasteiger partial charge in [0.2, 0.25) is 0 Å². The molecule has 0 aromatic heterocycles. The van der Waals surface area contributed by atoms with E-state index in [1.54, 1.807) is 0 Å². The number of hydrogen-bond donors (Lipinski definition) is 1. The molecule has 0 saturated heterocycles. The molecule has 68 valence electrons. The highest BCUT2D eigenvalue weighted by atomic mass is 79.9. The number of halogens is 1. The average molecular weight is 240 g/mol. The number of aryl methyl sites for hydroxylation is 1. The number of rotatable bonds is 1. The van der Waals surface area contributed by atoms with Crippen LogP contribution in [0.1, 0.15) is 16.7 Å². The van der Waals surface area contributed by atoms with Crippen molar-refractivity contribution in [1.82, 2.24) is 0 Å². The molecule has 0 saturated carbocycles. The average Bonchev–Trinajstić information content (AvgIpc) is 2.09. The molecule has 0 aliphatic rings. The standard InChI is InChI=1S/C10H10BrNO/c1-6-5-9(11)7(2)8(3-4-12)10(6)13/h5,13H,3H2,1-2H3. The van der Waals surface area contributed by atoms with E-state index >= 15 is 0 Å². The van der Waals surface area contributed by atoms with Gasteiger partial charge in [-0.1, -0.05) is 15.9 Å². The van der Waals surface area contributed by atoms with Crippen LogP contribution in [0.15, 0.2) is 10.5 Å². The minimum Gasteiger partial charge on any atom is -0.507 e. The van der Waals surface area contributed by atoms with Gasteiger partial charge >= 0.3 is 0 Å². The third-order valence-corrected chi connectivity index (χ3v) is 2.89. The molecule has 0 amide bonds. The number of hydrogen-bond acceptors (Lipinski definition) is 2. The lowest BCUT2D eigenvalue weighted by Crippen LogP contribution is -1.92. The monoisotopic (exact) mass is 239 g/mol. The van der Waals surface area contributed by atoms with E-state index in [4.69, 9.17) is 5.26 Å². The predicted octanol–water partition coefficient (Wildman–Crippen LogP) is 2.84. The van der Waals surface area contributed by atoms with Crippen molar-refractivity contribution in [3.63, 3.8) is 0 Å². The fourth-order valence-corrected chi connectivity index (χ4v) is 1.80. The van der Waals surface area contributed by atoms with Gasteiger partial charge in [-0.05, 0) is 31.0 Å². The topological polar surface area (TPSA) is 44.0 Å². The summed E-state index contributed by atoms with van der Waals surface area (Å²) in [6.07, 6.45) is 0.248. The van der Waals surface area contributed by atoms with Gasteiger partial charge in [0.05, 0.1) is 12.5 Å². The molecule has 0 unspecified atom stereocenters. The van der Waals surface area contributed by atoms with Crippen LogP contribution in [0.25, 0.3) is 0 Å². The fraction of sp³-hybridized carbons (Fsp3) is 0.300. The van der Waals surface area contributed by atoms with Crippen LogP contribution in [0.5, 0.6) is 5.75 Å². The van der Waals surface area contributed by atoms with E-state index in [2.05, 4.69) is 15.9 Å². The first-order valence-corrected chi connectivity index (χ1v) is 4.71. The Kier molecular flexibility index (Phi) is 2.94. The maximum Gasteiger partial charge on any atom is 0.123 e. The normalized spacial score (nSPS) is 9.69. The first-order valence-electron chi connectivity index (χ1n) is 3.92. The molecule has 1 aromatic carbocycles. The Balaban J connectivity index is 3.39. The van der Waals surface area contributed by atoms with Gasteiger partial charge in [0, 0.05) is 10.0 Å². The molecule has 0 fully saturated rings. The van der Waals surface area contributed by atoms with Gasteiger partial charge in [0.1, 0.15) is 5.75 Å². The zero-order valence-corrected chi connectivity index (χ0v) is 9.14. The van der Waals surface area contributed by atoms with E-state index in [0.717, 1.165) is 21.2 Å². The zero-order valence-electron chi connectivity index (χ0n) is 7.56. The van der Waals surface area contributed by atoms with Crippen molar-refractivity contribution in [1.29, 1.82) is 5.26 Å². The minimum absolute atomic E-state index is 0.238. The molecule has 3 heteroatoms. The van der Waals surface area contributed by atoms with Crippen molar-refractivity contribution in [3.05, 3.63) is 27.2 Å². The third kappa shape index (κ3) is 1.84. The first kappa shape index (κ1) is 10.1. The summed E-state index contributed by atoms with van der Waals surface area (Å²) in [6.45, 7) is 3.70. The van der Waals surface area contributed by atoms with E-state index < -0.39 is 0 Å². The zero-order chi connectivity index (χ0) is 10.0. The van der Waals surface area contributed by atoms with Crippen molar-refractivity contribution in [2.75, 3.05) is 0 Å². The van der Waals surface area contributed by atoms with Gasteiger partial charge in [-0.15, -0.1) is 0 Å². The van der Waals surface area contributed by atoms with Gasteiger partial charge < -0.3 is 5.11 Å². The van der Waals surface area contributed by atoms with Gasteiger partial charge in [-0.2, -0.15) is 5.26 Å². The largest absolute Gasteiger partial charge is 0.507 e. The van der Waals surface area contributed by atoms with Crippen LogP contribution >= 0.6 is 15.9 Å². The lowest BCUT2D eigenvalue weighted by molar-refractivity contribution is 0.465. The summed E-state index contributed by atoms with van der Waals surface area (Å²) in [6, 6.07) is 3.89. The number of nitriles is 1. The second-order valence-electron chi connectivity index (χ2n) is 2.96. The predicted molar refractivity (Wildman–Crippen MR) is 54.6 cm³/mol. The molecular weight excluding hydrogens is 230 g/mol. The van der Waals surface area contributed by atoms with Gasteiger partial charge in [-0.25, -0.2) is 0 Å². The van der Waals surface area contributed by atoms with Crippen molar-refractivity contribution in [2.45, 2.75) is 20.3 Å². The first-order chi connectivity index (χ1) is 6.07. The maximum absolute atomic E-state index is 9.66. The molecular formula is C10H10BrNO. The molecule has 0 bridgehead atoms. The number of phenolic OH excluding ortho intramolecular Hbond substituents is 1. The van der Waals surface area contributed by atoms with E-state index in [0.29, 0.717) is 0 Å². The van der Waals surface area contributed by atoms with Crippen LogP contribution in [-0.2, 0) is 6.42 Å². The van der Waals surface area contributed by atoms with Crippen LogP contribution in [0, 0.1) is 25.2 Å². The molecule has 2 nitrogen and oxygen atoms in total. The van der Waals surface area contributed by atoms with Gasteiger partial charge in [0.15, 0.2) is 0 Å². The second-order valence-corrected chi connectivity index (χ2v) is 3.82. The second kappa shape index (κ2) is 3.80. The lowest BCUT2D eigenvalue weighted by atomic mass is 10.0. The highest BCUT2D eigenvalue weighted by molar-refractivity contribution is 9.10. The number of phenols is 1. The van der Waals surface area contributed by atoms with Crippen molar-refractivity contribution < 1.29 is 5.11 Å². The smallest absolute Gasteiger partial charge is 0.123 e. The highest BCUT2D eigenvalue weighted by Gasteiger charge is 2.10. The van der Waals surface area contributed by atoms with E-state index in [1.165, 1.54) is 0 Å². The highest BCUT2D eigenvalue weighted by Crippen LogP contribution is 2.31. The summed E-state index contributed by atoms with van der Waals surface area (Å²) >= 11 is 3.38. The van der Waals surface area contributed by atoms with Crippen molar-refractivity contribution in [3.8, 4) is 11.8 Å².